The third kappa shape index (κ3) is 6.46. The Morgan fingerprint density at radius 1 is 1.19 bits per heavy atom. The lowest BCUT2D eigenvalue weighted by molar-refractivity contribution is -0.146. The van der Waals surface area contributed by atoms with Gasteiger partial charge in [-0.05, 0) is 74.9 Å². The van der Waals surface area contributed by atoms with Crippen LogP contribution in [-0.4, -0.2) is 65.5 Å². The maximum Gasteiger partial charge on any atom is 0.313 e. The Morgan fingerprint density at radius 3 is 2.73 bits per heavy atom. The van der Waals surface area contributed by atoms with Gasteiger partial charge in [-0.25, -0.2) is 4.98 Å². The fraction of sp³-hybridized carbons (Fsp3) is 0.500. The van der Waals surface area contributed by atoms with Gasteiger partial charge in [0.1, 0.15) is 5.82 Å². The molecule has 2 aliphatic rings. The fourth-order valence-corrected chi connectivity index (χ4v) is 5.28. The van der Waals surface area contributed by atoms with Crippen molar-refractivity contribution in [1.29, 1.82) is 0 Å². The summed E-state index contributed by atoms with van der Waals surface area (Å²) in [4.78, 5) is 39.1. The highest BCUT2D eigenvalue weighted by Crippen LogP contribution is 2.35. The van der Waals surface area contributed by atoms with Crippen LogP contribution >= 0.6 is 0 Å². The summed E-state index contributed by atoms with van der Waals surface area (Å²) in [5, 5.41) is 2.71. The zero-order valence-electron chi connectivity index (χ0n) is 22.1. The number of rotatable bonds is 5. The SMILES string of the molecule is CCc1cc(NC(=O)C(=O)N2C[C@@H](C)CC[C@@H]2c2ccc(C=N[C@@H]3CCCN(C)C3)c(N)c2)cnc1N. The fourth-order valence-electron chi connectivity index (χ4n) is 5.28. The number of aromatic nitrogens is 1. The molecule has 0 saturated carbocycles. The maximum atomic E-state index is 13.3. The van der Waals surface area contributed by atoms with Crippen molar-refractivity contribution in [3.8, 4) is 0 Å². The number of nitrogen functional groups attached to an aromatic ring is 2. The first kappa shape index (κ1) is 26.6. The van der Waals surface area contributed by atoms with Gasteiger partial charge in [-0.15, -0.1) is 0 Å². The molecular formula is C28H39N7O2. The molecule has 2 amide bonds. The minimum atomic E-state index is -0.679. The molecule has 0 aliphatic carbocycles. The first-order valence-corrected chi connectivity index (χ1v) is 13.2. The van der Waals surface area contributed by atoms with Crippen LogP contribution in [0.2, 0.25) is 0 Å². The lowest BCUT2D eigenvalue weighted by atomic mass is 9.89. The van der Waals surface area contributed by atoms with Crippen molar-refractivity contribution in [2.45, 2.75) is 58.0 Å². The van der Waals surface area contributed by atoms with E-state index in [0.717, 1.165) is 55.5 Å². The largest absolute Gasteiger partial charge is 0.398 e. The van der Waals surface area contributed by atoms with Gasteiger partial charge in [-0.2, -0.15) is 0 Å². The summed E-state index contributed by atoms with van der Waals surface area (Å²) in [5.74, 6) is -0.511. The molecular weight excluding hydrogens is 466 g/mol. The highest BCUT2D eigenvalue weighted by molar-refractivity contribution is 6.39. The number of hydrogen-bond donors (Lipinski definition) is 3. The number of aryl methyl sites for hydroxylation is 1. The van der Waals surface area contributed by atoms with E-state index in [1.807, 2.05) is 31.3 Å². The highest BCUT2D eigenvalue weighted by atomic mass is 16.2. The van der Waals surface area contributed by atoms with Gasteiger partial charge in [-0.1, -0.05) is 26.0 Å². The Kier molecular flexibility index (Phi) is 8.43. The number of likely N-dealkylation sites (tertiary alicyclic amines) is 2. The number of nitrogens with one attached hydrogen (secondary N) is 1. The van der Waals surface area contributed by atoms with Crippen molar-refractivity contribution in [3.63, 3.8) is 0 Å². The third-order valence-electron chi connectivity index (χ3n) is 7.43. The summed E-state index contributed by atoms with van der Waals surface area (Å²) in [6, 6.07) is 7.72. The van der Waals surface area contributed by atoms with Crippen molar-refractivity contribution in [2.24, 2.45) is 10.9 Å². The zero-order valence-corrected chi connectivity index (χ0v) is 22.1. The summed E-state index contributed by atoms with van der Waals surface area (Å²) in [6.07, 6.45) is 8.00. The number of aliphatic imine (C=N–C) groups is 1. The maximum absolute atomic E-state index is 13.3. The number of benzene rings is 1. The van der Waals surface area contributed by atoms with E-state index >= 15 is 0 Å². The van der Waals surface area contributed by atoms with E-state index in [1.54, 1.807) is 11.0 Å². The molecule has 2 saturated heterocycles. The molecule has 0 unspecified atom stereocenters. The van der Waals surface area contributed by atoms with Gasteiger partial charge in [0, 0.05) is 30.6 Å². The normalized spacial score (nSPS) is 22.8. The van der Waals surface area contributed by atoms with Crippen molar-refractivity contribution in [2.75, 3.05) is 43.5 Å². The van der Waals surface area contributed by atoms with Crippen molar-refractivity contribution in [1.82, 2.24) is 14.8 Å². The van der Waals surface area contributed by atoms with Crippen LogP contribution in [0.4, 0.5) is 17.2 Å². The predicted octanol–water partition coefficient (Wildman–Crippen LogP) is 3.26. The summed E-state index contributed by atoms with van der Waals surface area (Å²) in [6.45, 7) is 6.64. The topological polar surface area (TPSA) is 130 Å². The number of carbonyl (C=O) groups excluding carboxylic acids is 2. The molecule has 5 N–H and O–H groups in total. The molecule has 1 aromatic carbocycles. The number of likely N-dealkylation sites (N-methyl/N-ethyl adjacent to an activating group) is 1. The third-order valence-corrected chi connectivity index (χ3v) is 7.43. The van der Waals surface area contributed by atoms with E-state index in [1.165, 1.54) is 6.20 Å². The standard InChI is InChI=1S/C28H39N7O2/c1-4-19-12-23(15-32-26(19)30)33-27(36)28(37)35-16-18(2)7-10-25(35)20-8-9-21(24(29)13-20)14-31-22-6-5-11-34(3)17-22/h8-9,12-15,18,22,25H,4-7,10-11,16-17,29H2,1-3H3,(H2,30,32)(H,33,36)/t18-,22+,25+/m0/s1. The van der Waals surface area contributed by atoms with Gasteiger partial charge >= 0.3 is 11.8 Å². The molecule has 0 spiro atoms. The van der Waals surface area contributed by atoms with Gasteiger partial charge in [0.05, 0.1) is 24.0 Å². The van der Waals surface area contributed by atoms with E-state index in [2.05, 4.69) is 29.2 Å². The first-order chi connectivity index (χ1) is 17.7. The van der Waals surface area contributed by atoms with Gasteiger partial charge in [0.15, 0.2) is 0 Å². The van der Waals surface area contributed by atoms with Crippen LogP contribution in [0.15, 0.2) is 35.5 Å². The highest BCUT2D eigenvalue weighted by Gasteiger charge is 2.34. The van der Waals surface area contributed by atoms with Crippen LogP contribution < -0.4 is 16.8 Å². The van der Waals surface area contributed by atoms with Gasteiger partial charge in [-0.3, -0.25) is 14.6 Å². The van der Waals surface area contributed by atoms with Crippen LogP contribution in [0.1, 0.15) is 62.3 Å². The summed E-state index contributed by atoms with van der Waals surface area (Å²) in [5.41, 5.74) is 16.0. The predicted molar refractivity (Wildman–Crippen MR) is 148 cm³/mol. The Hall–Kier alpha value is -3.46. The molecule has 9 heteroatoms. The van der Waals surface area contributed by atoms with E-state index in [0.29, 0.717) is 36.1 Å². The lowest BCUT2D eigenvalue weighted by Gasteiger charge is -2.38. The Bertz CT molecular complexity index is 1170. The number of piperidine rings is 2. The Morgan fingerprint density at radius 2 is 2.00 bits per heavy atom. The molecule has 198 valence electrons. The molecule has 9 nitrogen and oxygen atoms in total. The molecule has 0 bridgehead atoms. The zero-order chi connectivity index (χ0) is 26.5. The van der Waals surface area contributed by atoms with E-state index < -0.39 is 11.8 Å². The van der Waals surface area contributed by atoms with Crippen LogP contribution in [0.5, 0.6) is 0 Å². The van der Waals surface area contributed by atoms with E-state index in [-0.39, 0.29) is 12.1 Å². The van der Waals surface area contributed by atoms with Gasteiger partial charge < -0.3 is 26.6 Å². The average molecular weight is 506 g/mol. The Balaban J connectivity index is 1.49. The van der Waals surface area contributed by atoms with Gasteiger partial charge in [0.25, 0.3) is 0 Å². The molecule has 2 aromatic rings. The van der Waals surface area contributed by atoms with Crippen molar-refractivity contribution >= 4 is 35.2 Å². The molecule has 3 heterocycles. The van der Waals surface area contributed by atoms with E-state index in [4.69, 9.17) is 16.5 Å². The quantitative estimate of drug-likeness (QED) is 0.325. The molecule has 0 radical (unpaired) electrons. The van der Waals surface area contributed by atoms with Crippen molar-refractivity contribution < 1.29 is 9.59 Å². The molecule has 1 aromatic heterocycles. The number of hydrogen-bond acceptors (Lipinski definition) is 7. The van der Waals surface area contributed by atoms with Gasteiger partial charge in [0.2, 0.25) is 0 Å². The van der Waals surface area contributed by atoms with Crippen LogP contribution in [0.3, 0.4) is 0 Å². The summed E-state index contributed by atoms with van der Waals surface area (Å²) < 4.78 is 0. The van der Waals surface area contributed by atoms with E-state index in [9.17, 15) is 9.59 Å². The second-order valence-electron chi connectivity index (χ2n) is 10.5. The van der Waals surface area contributed by atoms with Crippen LogP contribution in [0, 0.1) is 5.92 Å². The number of carbonyl (C=O) groups is 2. The Labute approximate surface area is 219 Å². The van der Waals surface area contributed by atoms with Crippen LogP contribution in [-0.2, 0) is 16.0 Å². The minimum Gasteiger partial charge on any atom is -0.398 e. The van der Waals surface area contributed by atoms with Crippen molar-refractivity contribution in [3.05, 3.63) is 47.2 Å². The summed E-state index contributed by atoms with van der Waals surface area (Å²) >= 11 is 0. The number of anilines is 3. The number of amides is 2. The number of pyridine rings is 1. The smallest absolute Gasteiger partial charge is 0.313 e. The second-order valence-corrected chi connectivity index (χ2v) is 10.5. The lowest BCUT2D eigenvalue weighted by Crippen LogP contribution is -2.46. The number of nitrogens with two attached hydrogens (primary N) is 2. The monoisotopic (exact) mass is 505 g/mol. The summed E-state index contributed by atoms with van der Waals surface area (Å²) in [7, 11) is 2.12. The molecule has 2 fully saturated rings. The molecule has 3 atom stereocenters. The second kappa shape index (κ2) is 11.7. The molecule has 2 aliphatic heterocycles. The average Bonchev–Trinajstić information content (AvgIpc) is 2.88. The number of nitrogens with zero attached hydrogens (tertiary/aromatic N) is 4. The van der Waals surface area contributed by atoms with Crippen LogP contribution in [0.25, 0.3) is 0 Å². The molecule has 4 rings (SSSR count). The first-order valence-electron chi connectivity index (χ1n) is 13.2. The molecule has 37 heavy (non-hydrogen) atoms. The minimum absolute atomic E-state index is 0.217.